The topological polar surface area (TPSA) is 29.5 Å². The number of aliphatic hydroxyl groups is 1. The molecule has 98 valence electrons. The van der Waals surface area contributed by atoms with E-state index in [4.69, 9.17) is 4.74 Å². The monoisotopic (exact) mass is 284 g/mol. The minimum absolute atomic E-state index is 0.0851. The van der Waals surface area contributed by atoms with Crippen molar-refractivity contribution in [3.05, 3.63) is 0 Å². The van der Waals surface area contributed by atoms with Crippen LogP contribution in [0.4, 0.5) is 0 Å². The Morgan fingerprint density at radius 3 is 1.81 bits per heavy atom. The Morgan fingerprint density at radius 2 is 1.44 bits per heavy atom. The number of rotatable bonds is 10. The van der Waals surface area contributed by atoms with Gasteiger partial charge in [0.25, 0.3) is 0 Å². The van der Waals surface area contributed by atoms with Crippen LogP contribution in [0.2, 0.25) is 0 Å². The lowest BCUT2D eigenvalue weighted by Crippen LogP contribution is -2.34. The zero-order valence-corrected chi connectivity index (χ0v) is 13.1. The lowest BCUT2D eigenvalue weighted by molar-refractivity contribution is 0.0284. The first-order valence-corrected chi connectivity index (χ1v) is 9.00. The predicted octanol–water partition coefficient (Wildman–Crippen LogP) is 3.30. The summed E-state index contributed by atoms with van der Waals surface area (Å²) in [6.07, 6.45) is -0.389. The van der Waals surface area contributed by atoms with Crippen molar-refractivity contribution in [3.63, 3.8) is 0 Å². The Hall–Kier alpha value is 0.970. The quantitative estimate of drug-likeness (QED) is 0.622. The maximum atomic E-state index is 10.3. The fourth-order valence-electron chi connectivity index (χ4n) is 1.28. The molecule has 0 amide bonds. The molecule has 0 aromatic carbocycles. The summed E-state index contributed by atoms with van der Waals surface area (Å²) in [5.74, 6) is 3.04. The van der Waals surface area contributed by atoms with Crippen LogP contribution in [0.15, 0.2) is 0 Å². The summed E-state index contributed by atoms with van der Waals surface area (Å²) in [7, 11) is 0. The molecule has 0 aliphatic carbocycles. The van der Waals surface area contributed by atoms with E-state index in [0.717, 1.165) is 17.3 Å². The molecule has 0 aliphatic rings. The van der Waals surface area contributed by atoms with Gasteiger partial charge in [-0.3, -0.25) is 0 Å². The molecule has 0 heterocycles. The molecule has 0 spiro atoms. The number of hydrogen-bond acceptors (Lipinski definition) is 5. The SMILES string of the molecule is CCOC(SCC)C(O)C(SCC)SCC. The minimum Gasteiger partial charge on any atom is -0.387 e. The normalized spacial score (nSPS) is 15.4. The van der Waals surface area contributed by atoms with E-state index in [9.17, 15) is 5.11 Å². The van der Waals surface area contributed by atoms with Crippen molar-refractivity contribution in [3.8, 4) is 0 Å². The Kier molecular flexibility index (Phi) is 11.8. The lowest BCUT2D eigenvalue weighted by Gasteiger charge is -2.28. The van der Waals surface area contributed by atoms with Crippen LogP contribution in [0.3, 0.4) is 0 Å². The van der Waals surface area contributed by atoms with E-state index < -0.39 is 0 Å². The van der Waals surface area contributed by atoms with Gasteiger partial charge in [0.2, 0.25) is 0 Å². The van der Waals surface area contributed by atoms with Gasteiger partial charge in [0.15, 0.2) is 0 Å². The fraction of sp³-hybridized carbons (Fsp3) is 1.00. The van der Waals surface area contributed by atoms with Gasteiger partial charge in [-0.25, -0.2) is 0 Å². The largest absolute Gasteiger partial charge is 0.387 e. The summed E-state index contributed by atoms with van der Waals surface area (Å²) < 4.78 is 5.83. The number of hydrogen-bond donors (Lipinski definition) is 1. The van der Waals surface area contributed by atoms with Gasteiger partial charge in [-0.2, -0.15) is 0 Å². The molecule has 0 aromatic heterocycles. The highest BCUT2D eigenvalue weighted by Gasteiger charge is 2.28. The summed E-state index contributed by atoms with van der Waals surface area (Å²) >= 11 is 5.31. The molecule has 1 N–H and O–H groups in total. The van der Waals surface area contributed by atoms with Crippen LogP contribution in [0.5, 0.6) is 0 Å². The zero-order chi connectivity index (χ0) is 12.4. The molecule has 0 saturated heterocycles. The molecule has 2 nitrogen and oxygen atoms in total. The second kappa shape index (κ2) is 11.1. The third kappa shape index (κ3) is 6.64. The summed E-state index contributed by atoms with van der Waals surface area (Å²) in [5.41, 5.74) is -0.0851. The van der Waals surface area contributed by atoms with Crippen molar-refractivity contribution >= 4 is 35.3 Å². The van der Waals surface area contributed by atoms with Gasteiger partial charge < -0.3 is 9.84 Å². The van der Waals surface area contributed by atoms with Crippen LogP contribution in [0.25, 0.3) is 0 Å². The van der Waals surface area contributed by atoms with Crippen LogP contribution < -0.4 is 0 Å². The van der Waals surface area contributed by atoms with Crippen molar-refractivity contribution in [1.82, 2.24) is 0 Å². The first kappa shape index (κ1) is 17.0. The highest BCUT2D eigenvalue weighted by Crippen LogP contribution is 2.32. The molecule has 0 bridgehead atoms. The van der Waals surface area contributed by atoms with Crippen LogP contribution in [-0.2, 0) is 4.74 Å². The first-order valence-electron chi connectivity index (χ1n) is 5.85. The number of ether oxygens (including phenoxy) is 1. The van der Waals surface area contributed by atoms with Gasteiger partial charge in [0.05, 0.1) is 4.58 Å². The second-order valence-corrected chi connectivity index (χ2v) is 7.56. The third-order valence-corrected chi connectivity index (χ3v) is 5.66. The molecule has 5 heteroatoms. The van der Waals surface area contributed by atoms with E-state index in [2.05, 4.69) is 20.8 Å². The highest BCUT2D eigenvalue weighted by molar-refractivity contribution is 8.17. The second-order valence-electron chi connectivity index (χ2n) is 3.05. The van der Waals surface area contributed by atoms with Crippen molar-refractivity contribution in [2.24, 2.45) is 0 Å². The molecule has 16 heavy (non-hydrogen) atoms. The smallest absolute Gasteiger partial charge is 0.131 e. The third-order valence-electron chi connectivity index (χ3n) is 1.88. The van der Waals surface area contributed by atoms with E-state index in [1.165, 1.54) is 0 Å². The number of thioether (sulfide) groups is 3. The van der Waals surface area contributed by atoms with Crippen molar-refractivity contribution in [2.45, 2.75) is 43.8 Å². The molecule has 0 aromatic rings. The van der Waals surface area contributed by atoms with Gasteiger partial charge in [-0.05, 0) is 24.2 Å². The van der Waals surface area contributed by atoms with Crippen LogP contribution >= 0.6 is 35.3 Å². The van der Waals surface area contributed by atoms with E-state index in [0.29, 0.717) is 6.61 Å². The summed E-state index contributed by atoms with van der Waals surface area (Å²) in [6.45, 7) is 8.99. The van der Waals surface area contributed by atoms with Crippen molar-refractivity contribution in [1.29, 1.82) is 0 Å². The maximum absolute atomic E-state index is 10.3. The summed E-state index contributed by atoms with van der Waals surface area (Å²) in [5, 5.41) is 10.3. The van der Waals surface area contributed by atoms with Crippen LogP contribution in [0.1, 0.15) is 27.7 Å². The van der Waals surface area contributed by atoms with Crippen LogP contribution in [0, 0.1) is 0 Å². The lowest BCUT2D eigenvalue weighted by atomic mass is 10.4. The zero-order valence-electron chi connectivity index (χ0n) is 10.6. The highest BCUT2D eigenvalue weighted by atomic mass is 32.2. The van der Waals surface area contributed by atoms with Crippen molar-refractivity contribution < 1.29 is 9.84 Å². The average molecular weight is 285 g/mol. The van der Waals surface area contributed by atoms with Gasteiger partial charge in [-0.15, -0.1) is 35.3 Å². The van der Waals surface area contributed by atoms with E-state index in [1.54, 1.807) is 11.8 Å². The molecule has 0 fully saturated rings. The minimum atomic E-state index is -0.389. The van der Waals surface area contributed by atoms with Gasteiger partial charge in [0.1, 0.15) is 11.5 Å². The number of aliphatic hydroxyl groups excluding tert-OH is 1. The molecular weight excluding hydrogens is 260 g/mol. The Balaban J connectivity index is 4.31. The van der Waals surface area contributed by atoms with E-state index >= 15 is 0 Å². The molecular formula is C11H24O2S3. The average Bonchev–Trinajstić information content (AvgIpc) is 2.27. The molecule has 0 saturated carbocycles. The Morgan fingerprint density at radius 1 is 0.938 bits per heavy atom. The fourth-order valence-corrected chi connectivity index (χ4v) is 4.93. The molecule has 0 rings (SSSR count). The standard InChI is InChI=1S/C11H24O2S3/c1-5-13-10(14-6-2)9(12)11(15-7-3)16-8-4/h9-12H,5-8H2,1-4H3. The van der Waals surface area contributed by atoms with Gasteiger partial charge in [-0.1, -0.05) is 20.8 Å². The molecule has 2 unspecified atom stereocenters. The predicted molar refractivity (Wildman–Crippen MR) is 79.6 cm³/mol. The van der Waals surface area contributed by atoms with Crippen molar-refractivity contribution in [2.75, 3.05) is 23.9 Å². The molecule has 0 radical (unpaired) electrons. The Labute approximate surface area is 113 Å². The summed E-state index contributed by atoms with van der Waals surface area (Å²) in [4.78, 5) is 0. The molecule has 0 aliphatic heterocycles. The maximum Gasteiger partial charge on any atom is 0.131 e. The van der Waals surface area contributed by atoms with Crippen LogP contribution in [-0.4, -0.2) is 45.1 Å². The Bertz CT molecular complexity index is 130. The first-order chi connectivity index (χ1) is 7.71. The summed E-state index contributed by atoms with van der Waals surface area (Å²) in [6, 6.07) is 0. The molecule has 2 atom stereocenters. The van der Waals surface area contributed by atoms with Gasteiger partial charge >= 0.3 is 0 Å². The van der Waals surface area contributed by atoms with E-state index in [1.807, 2.05) is 30.4 Å². The van der Waals surface area contributed by atoms with E-state index in [-0.39, 0.29) is 16.1 Å². The van der Waals surface area contributed by atoms with Gasteiger partial charge in [0, 0.05) is 6.61 Å².